The van der Waals surface area contributed by atoms with Crippen LogP contribution in [0, 0.1) is 0 Å². The third-order valence-electron chi connectivity index (χ3n) is 9.31. The molecule has 9 nitrogen and oxygen atoms in total. The van der Waals surface area contributed by atoms with Crippen LogP contribution < -0.4 is 0 Å². The number of H-pyrrole nitrogens is 1. The van der Waals surface area contributed by atoms with E-state index in [0.29, 0.717) is 23.8 Å². The number of rotatable bonds is 13. The first kappa shape index (κ1) is 34.3. The van der Waals surface area contributed by atoms with Crippen LogP contribution in [0.5, 0.6) is 0 Å². The van der Waals surface area contributed by atoms with Crippen LogP contribution in [0.3, 0.4) is 0 Å². The van der Waals surface area contributed by atoms with E-state index in [1.165, 1.54) is 0 Å². The number of hydrogen-bond donors (Lipinski definition) is 2. The number of aryl methyl sites for hydroxylation is 1. The quantitative estimate of drug-likeness (QED) is 0.0924. The first-order valence-corrected chi connectivity index (χ1v) is 17.6. The van der Waals surface area contributed by atoms with Crippen molar-refractivity contribution < 1.29 is 14.6 Å². The Hall–Kier alpha value is -6.19. The summed E-state index contributed by atoms with van der Waals surface area (Å²) in [7, 11) is 0. The Morgan fingerprint density at radius 1 is 0.788 bits per heavy atom. The zero-order valence-corrected chi connectivity index (χ0v) is 29.2. The molecule has 0 saturated carbocycles. The largest absolute Gasteiger partial charge is 0.456 e. The Morgan fingerprint density at radius 3 is 1.90 bits per heavy atom. The average molecular weight is 689 g/mol. The van der Waals surface area contributed by atoms with Gasteiger partial charge in [-0.3, -0.25) is 0 Å². The van der Waals surface area contributed by atoms with Crippen molar-refractivity contribution in [2.24, 2.45) is 0 Å². The second-order valence-corrected chi connectivity index (χ2v) is 12.8. The molecule has 0 spiro atoms. The van der Waals surface area contributed by atoms with Gasteiger partial charge in [-0.1, -0.05) is 153 Å². The molecule has 7 rings (SSSR count). The van der Waals surface area contributed by atoms with Gasteiger partial charge in [-0.2, -0.15) is 0 Å². The summed E-state index contributed by atoms with van der Waals surface area (Å²) in [6.45, 7) is 3.75. The topological polar surface area (TPSA) is 119 Å². The van der Waals surface area contributed by atoms with Crippen LogP contribution in [0.4, 0.5) is 0 Å². The van der Waals surface area contributed by atoms with E-state index in [1.54, 1.807) is 6.92 Å². The van der Waals surface area contributed by atoms with Crippen molar-refractivity contribution in [3.05, 3.63) is 179 Å². The minimum Gasteiger partial charge on any atom is -0.456 e. The molecule has 0 amide bonds. The molecule has 9 heteroatoms. The van der Waals surface area contributed by atoms with Gasteiger partial charge in [0, 0.05) is 12.0 Å². The van der Waals surface area contributed by atoms with Gasteiger partial charge in [0.15, 0.2) is 11.5 Å². The number of aliphatic hydroxyl groups is 1. The molecule has 0 aliphatic heterocycles. The highest BCUT2D eigenvalue weighted by Gasteiger charge is 2.42. The van der Waals surface area contributed by atoms with Gasteiger partial charge in [0.2, 0.25) is 0 Å². The van der Waals surface area contributed by atoms with Gasteiger partial charge in [-0.25, -0.2) is 14.5 Å². The van der Waals surface area contributed by atoms with E-state index in [4.69, 9.17) is 9.95 Å². The maximum Gasteiger partial charge on any atom is 0.357 e. The number of hydrogen-bond acceptors (Lipinski definition) is 7. The number of unbranched alkanes of at least 4 members (excludes halogenated alkanes) is 1. The van der Waals surface area contributed by atoms with Gasteiger partial charge in [0.25, 0.3) is 0 Å². The molecule has 1 atom stereocenters. The molecule has 2 aromatic heterocycles. The standard InChI is InChI=1S/C43H40N6O3/c1-3-4-24-38-44-39(30(2)50)40(45-38)42(51)52-29-31-25-27-32(28-26-31)36-22-14-15-23-37(36)41-46-47-48-49(41)43(33-16-8-5-9-17-33,34-18-10-6-11-19-34)35-20-12-7-13-21-35/h5-23,25-28,30,50H,3-4,24,29H2,1-2H3,(H,44,45). The van der Waals surface area contributed by atoms with Gasteiger partial charge < -0.3 is 14.8 Å². The molecule has 7 aromatic rings. The second-order valence-electron chi connectivity index (χ2n) is 12.8. The zero-order valence-electron chi connectivity index (χ0n) is 29.2. The van der Waals surface area contributed by atoms with Crippen LogP contribution in [0.1, 0.15) is 77.1 Å². The summed E-state index contributed by atoms with van der Waals surface area (Å²) in [4.78, 5) is 20.6. The monoisotopic (exact) mass is 688 g/mol. The lowest BCUT2D eigenvalue weighted by Gasteiger charge is -2.36. The zero-order chi connectivity index (χ0) is 35.9. The normalized spacial score (nSPS) is 12.1. The number of carbonyl (C=O) groups excluding carboxylic acids is 1. The third-order valence-corrected chi connectivity index (χ3v) is 9.31. The lowest BCUT2D eigenvalue weighted by molar-refractivity contribution is 0.0459. The number of aliphatic hydroxyl groups excluding tert-OH is 1. The number of aromatic nitrogens is 6. The summed E-state index contributed by atoms with van der Waals surface area (Å²) in [6.07, 6.45) is 1.73. The Bertz CT molecular complexity index is 2130. The number of esters is 1. The van der Waals surface area contributed by atoms with E-state index in [1.807, 2.05) is 102 Å². The number of carbonyl (C=O) groups is 1. The van der Waals surface area contributed by atoms with Crippen LogP contribution >= 0.6 is 0 Å². The van der Waals surface area contributed by atoms with Gasteiger partial charge in [-0.05, 0) is 57.2 Å². The Morgan fingerprint density at radius 2 is 1.35 bits per heavy atom. The van der Waals surface area contributed by atoms with Gasteiger partial charge >= 0.3 is 5.97 Å². The van der Waals surface area contributed by atoms with Crippen LogP contribution in [0.2, 0.25) is 0 Å². The van der Waals surface area contributed by atoms with Crippen LogP contribution in [-0.4, -0.2) is 41.3 Å². The molecule has 1 unspecified atom stereocenters. The Labute approximate surface area is 303 Å². The van der Waals surface area contributed by atoms with E-state index < -0.39 is 17.6 Å². The fraction of sp³-hybridized carbons (Fsp3) is 0.186. The summed E-state index contributed by atoms with van der Waals surface area (Å²) < 4.78 is 7.61. The van der Waals surface area contributed by atoms with Gasteiger partial charge in [0.05, 0.1) is 6.10 Å². The number of nitrogens with zero attached hydrogens (tertiary/aromatic N) is 5. The number of ether oxygens (including phenoxy) is 1. The van der Waals surface area contributed by atoms with E-state index in [2.05, 4.69) is 69.7 Å². The van der Waals surface area contributed by atoms with Crippen molar-refractivity contribution in [1.29, 1.82) is 0 Å². The van der Waals surface area contributed by atoms with Crippen LogP contribution in [-0.2, 0) is 23.3 Å². The molecule has 0 aliphatic carbocycles. The molecule has 52 heavy (non-hydrogen) atoms. The molecule has 0 bridgehead atoms. The number of aromatic amines is 1. The minimum atomic E-state index is -0.896. The lowest BCUT2D eigenvalue weighted by atomic mass is 9.77. The fourth-order valence-corrected chi connectivity index (χ4v) is 6.78. The summed E-state index contributed by atoms with van der Waals surface area (Å²) in [5.74, 6) is 0.732. The van der Waals surface area contributed by atoms with Gasteiger partial charge in [-0.15, -0.1) is 5.10 Å². The van der Waals surface area contributed by atoms with E-state index in [0.717, 1.165) is 51.8 Å². The first-order chi connectivity index (χ1) is 25.5. The molecule has 0 saturated heterocycles. The maximum atomic E-state index is 13.1. The van der Waals surface area contributed by atoms with Crippen LogP contribution in [0.15, 0.2) is 140 Å². The Kier molecular flexibility index (Phi) is 10.1. The predicted octanol–water partition coefficient (Wildman–Crippen LogP) is 8.32. The van der Waals surface area contributed by atoms with Crippen molar-refractivity contribution in [2.45, 2.75) is 51.4 Å². The summed E-state index contributed by atoms with van der Waals surface area (Å²) in [5.41, 5.74) is 6.26. The van der Waals surface area contributed by atoms with Crippen LogP contribution in [0.25, 0.3) is 22.5 Å². The molecule has 2 N–H and O–H groups in total. The molecule has 0 aliphatic rings. The molecule has 0 radical (unpaired) electrons. The van der Waals surface area contributed by atoms with Crippen molar-refractivity contribution in [1.82, 2.24) is 30.2 Å². The molecular weight excluding hydrogens is 649 g/mol. The summed E-state index contributed by atoms with van der Waals surface area (Å²) in [5, 5.41) is 23.9. The lowest BCUT2D eigenvalue weighted by Crippen LogP contribution is -2.39. The smallest absolute Gasteiger partial charge is 0.357 e. The second kappa shape index (κ2) is 15.4. The predicted molar refractivity (Wildman–Crippen MR) is 200 cm³/mol. The Balaban J connectivity index is 1.23. The number of nitrogens with one attached hydrogen (secondary N) is 1. The number of imidazole rings is 1. The highest BCUT2D eigenvalue weighted by atomic mass is 16.5. The van der Waals surface area contributed by atoms with E-state index in [9.17, 15) is 9.90 Å². The number of tetrazole rings is 1. The first-order valence-electron chi connectivity index (χ1n) is 17.6. The summed E-state index contributed by atoms with van der Waals surface area (Å²) in [6, 6.07) is 47.0. The number of benzene rings is 5. The molecule has 5 aromatic carbocycles. The maximum absolute atomic E-state index is 13.1. The van der Waals surface area contributed by atoms with Crippen molar-refractivity contribution in [3.8, 4) is 22.5 Å². The highest BCUT2D eigenvalue weighted by molar-refractivity contribution is 5.89. The van der Waals surface area contributed by atoms with Crippen molar-refractivity contribution in [3.63, 3.8) is 0 Å². The fourth-order valence-electron chi connectivity index (χ4n) is 6.78. The minimum absolute atomic E-state index is 0.0648. The van der Waals surface area contributed by atoms with E-state index >= 15 is 0 Å². The van der Waals surface area contributed by atoms with Crippen molar-refractivity contribution in [2.75, 3.05) is 0 Å². The molecule has 2 heterocycles. The molecular formula is C43H40N6O3. The van der Waals surface area contributed by atoms with Crippen molar-refractivity contribution >= 4 is 5.97 Å². The SMILES string of the molecule is CCCCc1nc(C(C)O)c(C(=O)OCc2ccc(-c3ccccc3-c3nnnn3C(c3ccccc3)(c3ccccc3)c3ccccc3)cc2)[nH]1. The summed E-state index contributed by atoms with van der Waals surface area (Å²) >= 11 is 0. The molecule has 260 valence electrons. The average Bonchev–Trinajstić information content (AvgIpc) is 3.87. The van der Waals surface area contributed by atoms with Gasteiger partial charge in [0.1, 0.15) is 23.7 Å². The highest BCUT2D eigenvalue weighted by Crippen LogP contribution is 2.43. The van der Waals surface area contributed by atoms with E-state index in [-0.39, 0.29) is 12.3 Å². The third kappa shape index (κ3) is 6.66. The molecule has 0 fully saturated rings.